The molecule has 4 heterocycles. The number of nitrogens with zero attached hydrogens (tertiary/aromatic N) is 4. The summed E-state index contributed by atoms with van der Waals surface area (Å²) in [6, 6.07) is 0.903. The summed E-state index contributed by atoms with van der Waals surface area (Å²) in [5, 5.41) is 12.1. The Morgan fingerprint density at radius 3 is 2.63 bits per heavy atom. The standard InChI is InChI=1S/C21H35N5O/c1-21(2,3)19-14-26(24-23-19)12-17-11-15-9-10-25(17)13-18(15)20(27)22-16-7-5-4-6-8-16/h14-18H,4-13H2,1-3H3,(H,22,27)/t15-,17+,18+/m1/s1. The van der Waals surface area contributed by atoms with E-state index < -0.39 is 0 Å². The molecule has 150 valence electrons. The normalized spacial score (nSPS) is 31.8. The highest BCUT2D eigenvalue weighted by Crippen LogP contribution is 2.37. The minimum Gasteiger partial charge on any atom is -0.353 e. The van der Waals surface area contributed by atoms with E-state index in [1.165, 1.54) is 19.3 Å². The molecule has 4 fully saturated rings. The number of nitrogens with one attached hydrogen (secondary N) is 1. The maximum Gasteiger partial charge on any atom is 0.224 e. The summed E-state index contributed by atoms with van der Waals surface area (Å²) >= 11 is 0. The molecule has 6 heteroatoms. The van der Waals surface area contributed by atoms with Gasteiger partial charge in [-0.25, -0.2) is 0 Å². The first kappa shape index (κ1) is 18.9. The predicted molar refractivity (Wildman–Crippen MR) is 105 cm³/mol. The van der Waals surface area contributed by atoms with Crippen LogP contribution < -0.4 is 5.32 Å². The molecule has 27 heavy (non-hydrogen) atoms. The first-order valence-electron chi connectivity index (χ1n) is 10.8. The van der Waals surface area contributed by atoms with Crippen molar-refractivity contribution in [3.63, 3.8) is 0 Å². The number of amides is 1. The largest absolute Gasteiger partial charge is 0.353 e. The molecule has 4 atom stereocenters. The van der Waals surface area contributed by atoms with E-state index in [9.17, 15) is 4.79 Å². The molecule has 1 N–H and O–H groups in total. The smallest absolute Gasteiger partial charge is 0.224 e. The van der Waals surface area contributed by atoms with Gasteiger partial charge in [0.2, 0.25) is 5.91 Å². The van der Waals surface area contributed by atoms with Gasteiger partial charge in [-0.05, 0) is 38.1 Å². The third-order valence-corrected chi connectivity index (χ3v) is 6.87. The maximum atomic E-state index is 12.9. The van der Waals surface area contributed by atoms with Gasteiger partial charge in [0.05, 0.1) is 18.2 Å². The maximum absolute atomic E-state index is 12.9. The molecule has 1 amide bonds. The van der Waals surface area contributed by atoms with Gasteiger partial charge >= 0.3 is 0 Å². The molecule has 2 bridgehead atoms. The number of piperidine rings is 3. The van der Waals surface area contributed by atoms with E-state index in [2.05, 4.69) is 47.5 Å². The third-order valence-electron chi connectivity index (χ3n) is 6.87. The molecule has 5 rings (SSSR count). The van der Waals surface area contributed by atoms with Gasteiger partial charge in [0.15, 0.2) is 0 Å². The summed E-state index contributed by atoms with van der Waals surface area (Å²) in [6.45, 7) is 9.42. The first-order chi connectivity index (χ1) is 12.9. The lowest BCUT2D eigenvalue weighted by atomic mass is 9.75. The SMILES string of the molecule is CC(C)(C)c1cn(C[C@@H]2C[C@H]3CCN2C[C@@H]3C(=O)NC2CCCCC2)nn1. The Morgan fingerprint density at radius 2 is 2.00 bits per heavy atom. The molecule has 0 spiro atoms. The molecule has 3 saturated heterocycles. The molecule has 6 nitrogen and oxygen atoms in total. The Hall–Kier alpha value is -1.43. The van der Waals surface area contributed by atoms with Crippen molar-refractivity contribution in [2.75, 3.05) is 13.1 Å². The summed E-state index contributed by atoms with van der Waals surface area (Å²) in [4.78, 5) is 15.4. The number of hydrogen-bond donors (Lipinski definition) is 1. The van der Waals surface area contributed by atoms with Crippen LogP contribution in [0.5, 0.6) is 0 Å². The van der Waals surface area contributed by atoms with Gasteiger partial charge in [-0.1, -0.05) is 45.2 Å². The van der Waals surface area contributed by atoms with Crippen LogP contribution in [0.4, 0.5) is 0 Å². The average Bonchev–Trinajstić information content (AvgIpc) is 3.12. The highest BCUT2D eigenvalue weighted by Gasteiger charge is 2.43. The van der Waals surface area contributed by atoms with Crippen molar-refractivity contribution in [3.05, 3.63) is 11.9 Å². The number of rotatable bonds is 4. The van der Waals surface area contributed by atoms with Crippen LogP contribution in [-0.2, 0) is 16.8 Å². The quantitative estimate of drug-likeness (QED) is 0.881. The fourth-order valence-corrected chi connectivity index (χ4v) is 5.13. The second-order valence-corrected chi connectivity index (χ2v) is 9.96. The van der Waals surface area contributed by atoms with Crippen LogP contribution in [0, 0.1) is 11.8 Å². The number of carbonyl (C=O) groups is 1. The van der Waals surface area contributed by atoms with E-state index in [1.807, 2.05) is 4.68 Å². The van der Waals surface area contributed by atoms with Gasteiger partial charge in [0.1, 0.15) is 0 Å². The van der Waals surface area contributed by atoms with E-state index in [1.54, 1.807) is 0 Å². The average molecular weight is 374 g/mol. The summed E-state index contributed by atoms with van der Waals surface area (Å²) < 4.78 is 2.00. The van der Waals surface area contributed by atoms with Gasteiger partial charge in [0.25, 0.3) is 0 Å². The molecule has 1 unspecified atom stereocenters. The van der Waals surface area contributed by atoms with Gasteiger partial charge in [-0.15, -0.1) is 5.10 Å². The molecule has 1 aliphatic carbocycles. The van der Waals surface area contributed by atoms with E-state index in [-0.39, 0.29) is 11.3 Å². The Balaban J connectivity index is 1.34. The lowest BCUT2D eigenvalue weighted by Crippen LogP contribution is -2.58. The van der Waals surface area contributed by atoms with Crippen molar-refractivity contribution in [1.29, 1.82) is 0 Å². The minimum absolute atomic E-state index is 0.0341. The van der Waals surface area contributed by atoms with Crippen molar-refractivity contribution in [2.45, 2.75) is 89.8 Å². The summed E-state index contributed by atoms with van der Waals surface area (Å²) in [5.74, 6) is 1.01. The van der Waals surface area contributed by atoms with E-state index >= 15 is 0 Å². The Labute approximate surface area is 163 Å². The highest BCUT2D eigenvalue weighted by atomic mass is 16.2. The Morgan fingerprint density at radius 1 is 1.22 bits per heavy atom. The molecular weight excluding hydrogens is 338 g/mol. The Bertz CT molecular complexity index is 658. The molecule has 1 aromatic heterocycles. The molecule has 4 aliphatic rings. The second-order valence-electron chi connectivity index (χ2n) is 9.96. The van der Waals surface area contributed by atoms with Crippen LogP contribution >= 0.6 is 0 Å². The summed E-state index contributed by atoms with van der Waals surface area (Å²) in [5.41, 5.74) is 1.08. The monoisotopic (exact) mass is 373 g/mol. The topological polar surface area (TPSA) is 63.1 Å². The fourth-order valence-electron chi connectivity index (χ4n) is 5.13. The zero-order chi connectivity index (χ0) is 19.0. The van der Waals surface area contributed by atoms with Gasteiger partial charge < -0.3 is 5.32 Å². The van der Waals surface area contributed by atoms with Gasteiger partial charge in [-0.3, -0.25) is 14.4 Å². The van der Waals surface area contributed by atoms with Crippen molar-refractivity contribution in [1.82, 2.24) is 25.2 Å². The van der Waals surface area contributed by atoms with Crippen molar-refractivity contribution in [3.8, 4) is 0 Å². The minimum atomic E-state index is 0.0341. The van der Waals surface area contributed by atoms with Crippen molar-refractivity contribution in [2.24, 2.45) is 11.8 Å². The van der Waals surface area contributed by atoms with Crippen LogP contribution in [0.1, 0.15) is 71.4 Å². The third kappa shape index (κ3) is 4.20. The molecular formula is C21H35N5O. The fraction of sp³-hybridized carbons (Fsp3) is 0.857. The van der Waals surface area contributed by atoms with Crippen LogP contribution in [0.15, 0.2) is 6.20 Å². The van der Waals surface area contributed by atoms with Crippen molar-refractivity contribution < 1.29 is 4.79 Å². The molecule has 1 saturated carbocycles. The van der Waals surface area contributed by atoms with Crippen molar-refractivity contribution >= 4 is 5.91 Å². The predicted octanol–water partition coefficient (Wildman–Crippen LogP) is 2.73. The second kappa shape index (κ2) is 7.53. The van der Waals surface area contributed by atoms with Crippen LogP contribution in [-0.4, -0.2) is 51.0 Å². The zero-order valence-corrected chi connectivity index (χ0v) is 17.2. The molecule has 3 aliphatic heterocycles. The number of hydrogen-bond acceptors (Lipinski definition) is 4. The number of carbonyl (C=O) groups excluding carboxylic acids is 1. The summed E-state index contributed by atoms with van der Waals surface area (Å²) in [6.07, 6.45) is 10.5. The molecule has 0 aromatic carbocycles. The number of fused-ring (bicyclic) bond motifs is 3. The lowest BCUT2D eigenvalue weighted by Gasteiger charge is -2.49. The lowest BCUT2D eigenvalue weighted by molar-refractivity contribution is -0.134. The van der Waals surface area contributed by atoms with E-state index in [0.717, 1.165) is 51.0 Å². The van der Waals surface area contributed by atoms with Gasteiger partial charge in [-0.2, -0.15) is 0 Å². The number of aromatic nitrogens is 3. The zero-order valence-electron chi connectivity index (χ0n) is 17.2. The van der Waals surface area contributed by atoms with E-state index in [4.69, 9.17) is 0 Å². The molecule has 1 aromatic rings. The Kier molecular flexibility index (Phi) is 5.28. The van der Waals surface area contributed by atoms with Gasteiger partial charge in [0, 0.05) is 30.2 Å². The molecule has 0 radical (unpaired) electrons. The highest BCUT2D eigenvalue weighted by molar-refractivity contribution is 5.79. The van der Waals surface area contributed by atoms with Crippen LogP contribution in [0.2, 0.25) is 0 Å². The first-order valence-corrected chi connectivity index (χ1v) is 10.8. The van der Waals surface area contributed by atoms with Crippen LogP contribution in [0.25, 0.3) is 0 Å². The van der Waals surface area contributed by atoms with Crippen LogP contribution in [0.3, 0.4) is 0 Å². The van der Waals surface area contributed by atoms with E-state index in [0.29, 0.717) is 23.9 Å². The summed E-state index contributed by atoms with van der Waals surface area (Å²) in [7, 11) is 0.